The molecule has 176 valence electrons. The van der Waals surface area contributed by atoms with Gasteiger partial charge in [-0.15, -0.1) is 0 Å². The van der Waals surface area contributed by atoms with E-state index in [-0.39, 0.29) is 23.4 Å². The van der Waals surface area contributed by atoms with Gasteiger partial charge in [-0.3, -0.25) is 9.59 Å². The minimum atomic E-state index is -0.316. The summed E-state index contributed by atoms with van der Waals surface area (Å²) in [5.74, 6) is 1.19. The third kappa shape index (κ3) is 10.7. The molecular weight excluding hydrogens is 396 g/mol. The quantitative estimate of drug-likeness (QED) is 0.211. The molecular formula is C25H46O4S. The number of thioether (sulfide) groups is 1. The summed E-state index contributed by atoms with van der Waals surface area (Å²) >= 11 is 1.82. The molecule has 0 aliphatic heterocycles. The smallest absolute Gasteiger partial charge is 0.305 e. The minimum Gasteiger partial charge on any atom is -0.466 e. The fraction of sp³-hybridized carbons (Fsp3) is 0.920. The van der Waals surface area contributed by atoms with E-state index in [9.17, 15) is 14.7 Å². The monoisotopic (exact) mass is 442 g/mol. The van der Waals surface area contributed by atoms with E-state index >= 15 is 0 Å². The first kappa shape index (κ1) is 27.5. The molecule has 1 N–H and O–H groups in total. The number of aliphatic hydroxyl groups is 1. The third-order valence-corrected chi connectivity index (χ3v) is 8.03. The Labute approximate surface area is 189 Å². The Hall–Kier alpha value is -0.550. The highest BCUT2D eigenvalue weighted by atomic mass is 32.2. The van der Waals surface area contributed by atoms with E-state index in [0.29, 0.717) is 30.5 Å². The highest BCUT2D eigenvalue weighted by molar-refractivity contribution is 8.00. The SMILES string of the molecule is CCCCCCC(C)(C)C(O)CSC1CCC(=O)C1CCCCCCC(=O)OCC. The summed E-state index contributed by atoms with van der Waals surface area (Å²) in [6, 6.07) is 0. The second-order valence-corrected chi connectivity index (χ2v) is 10.8. The largest absolute Gasteiger partial charge is 0.466 e. The van der Waals surface area contributed by atoms with E-state index in [1.807, 2.05) is 18.7 Å². The Morgan fingerprint density at radius 2 is 1.83 bits per heavy atom. The van der Waals surface area contributed by atoms with E-state index in [0.717, 1.165) is 50.7 Å². The molecule has 0 bridgehead atoms. The molecule has 5 heteroatoms. The molecule has 1 aliphatic carbocycles. The predicted octanol–water partition coefficient (Wildman–Crippen LogP) is 6.33. The molecule has 1 saturated carbocycles. The molecule has 3 unspecified atom stereocenters. The molecule has 0 heterocycles. The molecule has 0 spiro atoms. The van der Waals surface area contributed by atoms with Crippen LogP contribution in [0.5, 0.6) is 0 Å². The van der Waals surface area contributed by atoms with Gasteiger partial charge >= 0.3 is 5.97 Å². The highest BCUT2D eigenvalue weighted by Gasteiger charge is 2.36. The zero-order valence-electron chi connectivity index (χ0n) is 19.9. The van der Waals surface area contributed by atoms with Gasteiger partial charge in [0.05, 0.1) is 12.7 Å². The number of ether oxygens (including phenoxy) is 1. The molecule has 0 saturated heterocycles. The number of aliphatic hydroxyl groups excluding tert-OH is 1. The zero-order valence-corrected chi connectivity index (χ0v) is 20.7. The summed E-state index contributed by atoms with van der Waals surface area (Å²) in [6.45, 7) is 8.86. The van der Waals surface area contributed by atoms with Gasteiger partial charge < -0.3 is 9.84 Å². The van der Waals surface area contributed by atoms with Crippen LogP contribution in [-0.2, 0) is 14.3 Å². The van der Waals surface area contributed by atoms with Crippen molar-refractivity contribution < 1.29 is 19.4 Å². The van der Waals surface area contributed by atoms with Crippen LogP contribution >= 0.6 is 11.8 Å². The van der Waals surface area contributed by atoms with Crippen molar-refractivity contribution in [1.82, 2.24) is 0 Å². The topological polar surface area (TPSA) is 63.6 Å². The molecule has 0 aromatic heterocycles. The number of hydrogen-bond donors (Lipinski definition) is 1. The van der Waals surface area contributed by atoms with Crippen molar-refractivity contribution in [3.63, 3.8) is 0 Å². The number of Topliss-reactive ketones (excluding diaryl/α,β-unsaturated/α-hetero) is 1. The summed E-state index contributed by atoms with van der Waals surface area (Å²) in [5, 5.41) is 11.1. The van der Waals surface area contributed by atoms with E-state index in [1.54, 1.807) is 0 Å². The number of rotatable bonds is 17. The minimum absolute atomic E-state index is 0.0578. The van der Waals surface area contributed by atoms with Crippen LogP contribution in [0.4, 0.5) is 0 Å². The highest BCUT2D eigenvalue weighted by Crippen LogP contribution is 2.38. The second kappa shape index (κ2) is 15.3. The van der Waals surface area contributed by atoms with Crippen molar-refractivity contribution in [2.45, 2.75) is 123 Å². The lowest BCUT2D eigenvalue weighted by Crippen LogP contribution is -2.32. The van der Waals surface area contributed by atoms with Crippen molar-refractivity contribution in [3.8, 4) is 0 Å². The van der Waals surface area contributed by atoms with E-state index in [1.165, 1.54) is 25.7 Å². The first-order valence-electron chi connectivity index (χ1n) is 12.3. The third-order valence-electron chi connectivity index (χ3n) is 6.53. The van der Waals surface area contributed by atoms with Gasteiger partial charge in [0, 0.05) is 29.8 Å². The molecule has 4 nitrogen and oxygen atoms in total. The normalized spacial score (nSPS) is 20.5. The predicted molar refractivity (Wildman–Crippen MR) is 127 cm³/mol. The van der Waals surface area contributed by atoms with Crippen molar-refractivity contribution in [1.29, 1.82) is 0 Å². The van der Waals surface area contributed by atoms with Crippen molar-refractivity contribution in [3.05, 3.63) is 0 Å². The van der Waals surface area contributed by atoms with Gasteiger partial charge in [0.2, 0.25) is 0 Å². The number of hydrogen-bond acceptors (Lipinski definition) is 5. The molecule has 1 fully saturated rings. The van der Waals surface area contributed by atoms with Crippen molar-refractivity contribution in [2.75, 3.05) is 12.4 Å². The lowest BCUT2D eigenvalue weighted by Gasteiger charge is -2.31. The zero-order chi connectivity index (χ0) is 22.4. The maximum absolute atomic E-state index is 12.4. The van der Waals surface area contributed by atoms with Crippen LogP contribution in [-0.4, -0.2) is 40.6 Å². The van der Waals surface area contributed by atoms with E-state index in [4.69, 9.17) is 4.74 Å². The maximum atomic E-state index is 12.4. The Morgan fingerprint density at radius 1 is 1.13 bits per heavy atom. The van der Waals surface area contributed by atoms with Crippen LogP contribution < -0.4 is 0 Å². The van der Waals surface area contributed by atoms with Crippen LogP contribution in [0.15, 0.2) is 0 Å². The molecule has 0 amide bonds. The lowest BCUT2D eigenvalue weighted by atomic mass is 9.82. The standard InChI is InChI=1S/C25H46O4S/c1-5-7-8-13-18-25(3,4)23(27)19-30-22-17-16-21(26)20(22)14-11-9-10-12-15-24(28)29-6-2/h20,22-23,27H,5-19H2,1-4H3. The van der Waals surface area contributed by atoms with Gasteiger partial charge in [-0.2, -0.15) is 11.8 Å². The summed E-state index contributed by atoms with van der Waals surface area (Å²) in [4.78, 5) is 23.7. The molecule has 0 radical (unpaired) electrons. The van der Waals surface area contributed by atoms with Crippen molar-refractivity contribution in [2.24, 2.45) is 11.3 Å². The molecule has 0 aromatic rings. The molecule has 30 heavy (non-hydrogen) atoms. The number of unbranched alkanes of at least 4 members (excludes halogenated alkanes) is 6. The first-order valence-corrected chi connectivity index (χ1v) is 13.3. The van der Waals surface area contributed by atoms with Crippen LogP contribution in [0.3, 0.4) is 0 Å². The average molecular weight is 443 g/mol. The molecule has 1 aliphatic rings. The van der Waals surface area contributed by atoms with Gasteiger partial charge in [-0.05, 0) is 38.0 Å². The average Bonchev–Trinajstić information content (AvgIpc) is 3.05. The Kier molecular flexibility index (Phi) is 14.0. The summed E-state index contributed by atoms with van der Waals surface area (Å²) in [7, 11) is 0. The van der Waals surface area contributed by atoms with E-state index in [2.05, 4.69) is 20.8 Å². The Morgan fingerprint density at radius 3 is 2.53 bits per heavy atom. The van der Waals surface area contributed by atoms with Crippen LogP contribution in [0, 0.1) is 11.3 Å². The lowest BCUT2D eigenvalue weighted by molar-refractivity contribution is -0.143. The van der Waals surface area contributed by atoms with Gasteiger partial charge in [0.25, 0.3) is 0 Å². The maximum Gasteiger partial charge on any atom is 0.305 e. The van der Waals surface area contributed by atoms with Gasteiger partial charge in [-0.25, -0.2) is 0 Å². The van der Waals surface area contributed by atoms with Crippen LogP contribution in [0.25, 0.3) is 0 Å². The van der Waals surface area contributed by atoms with Gasteiger partial charge in [-0.1, -0.05) is 65.7 Å². The number of carbonyl (C=O) groups excluding carboxylic acids is 2. The van der Waals surface area contributed by atoms with Gasteiger partial charge in [0.1, 0.15) is 5.78 Å². The van der Waals surface area contributed by atoms with Crippen LogP contribution in [0.1, 0.15) is 111 Å². The Bertz CT molecular complexity index is 492. The summed E-state index contributed by atoms with van der Waals surface area (Å²) in [5.41, 5.74) is -0.0578. The first-order chi connectivity index (χ1) is 14.3. The number of esters is 1. The summed E-state index contributed by atoms with van der Waals surface area (Å²) in [6.07, 6.45) is 12.8. The molecule has 0 aromatic carbocycles. The molecule has 1 rings (SSSR count). The van der Waals surface area contributed by atoms with Crippen LogP contribution in [0.2, 0.25) is 0 Å². The number of carbonyl (C=O) groups is 2. The number of ketones is 1. The van der Waals surface area contributed by atoms with Gasteiger partial charge in [0.15, 0.2) is 0 Å². The Balaban J connectivity index is 2.29. The molecule has 3 atom stereocenters. The van der Waals surface area contributed by atoms with Crippen molar-refractivity contribution >= 4 is 23.5 Å². The second-order valence-electron chi connectivity index (χ2n) is 9.56. The fourth-order valence-corrected chi connectivity index (χ4v) is 5.94. The fourth-order valence-electron chi connectivity index (χ4n) is 4.26. The summed E-state index contributed by atoms with van der Waals surface area (Å²) < 4.78 is 4.95. The van der Waals surface area contributed by atoms with E-state index < -0.39 is 0 Å².